The molecule has 1 amide bonds. The second-order valence-corrected chi connectivity index (χ2v) is 9.22. The summed E-state index contributed by atoms with van der Waals surface area (Å²) in [5.74, 6) is 4.09. The number of likely N-dealkylation sites (N-methyl/N-ethyl adjacent to an activating group) is 1. The molecular formula is C28H26F4N6O. The van der Waals surface area contributed by atoms with Crippen LogP contribution in [0.5, 0.6) is 0 Å². The molecule has 4 N–H and O–H groups in total. The van der Waals surface area contributed by atoms with Gasteiger partial charge in [-0.25, -0.2) is 4.39 Å². The summed E-state index contributed by atoms with van der Waals surface area (Å²) in [5, 5.41) is 10.6. The first-order valence-corrected chi connectivity index (χ1v) is 12.0. The quantitative estimate of drug-likeness (QED) is 0.195. The van der Waals surface area contributed by atoms with Crippen molar-refractivity contribution in [3.63, 3.8) is 0 Å². The average Bonchev–Trinajstić information content (AvgIpc) is 2.89. The molecule has 7 nitrogen and oxygen atoms in total. The zero-order valence-corrected chi connectivity index (χ0v) is 21.1. The number of rotatable bonds is 5. The monoisotopic (exact) mass is 538 g/mol. The number of aromatic nitrogens is 1. The molecule has 1 saturated heterocycles. The normalized spacial score (nSPS) is 14.4. The molecule has 39 heavy (non-hydrogen) atoms. The van der Waals surface area contributed by atoms with Crippen LogP contribution in [0, 0.1) is 23.1 Å². The predicted octanol–water partition coefficient (Wildman–Crippen LogP) is 4.24. The molecule has 2 heterocycles. The number of pyridine rings is 1. The van der Waals surface area contributed by atoms with Crippen molar-refractivity contribution in [3.05, 3.63) is 88.5 Å². The van der Waals surface area contributed by atoms with E-state index < -0.39 is 23.5 Å². The Morgan fingerprint density at radius 3 is 2.54 bits per heavy atom. The van der Waals surface area contributed by atoms with E-state index in [1.165, 1.54) is 36.7 Å². The third-order valence-corrected chi connectivity index (χ3v) is 6.28. The van der Waals surface area contributed by atoms with Crippen LogP contribution >= 0.6 is 0 Å². The van der Waals surface area contributed by atoms with Crippen molar-refractivity contribution in [3.8, 4) is 11.8 Å². The van der Waals surface area contributed by atoms with Gasteiger partial charge in [0.15, 0.2) is 0 Å². The number of piperazine rings is 1. The van der Waals surface area contributed by atoms with E-state index in [9.17, 15) is 22.4 Å². The second kappa shape index (κ2) is 11.6. The van der Waals surface area contributed by atoms with Gasteiger partial charge >= 0.3 is 6.18 Å². The largest absolute Gasteiger partial charge is 0.416 e. The van der Waals surface area contributed by atoms with Crippen LogP contribution in [0.2, 0.25) is 0 Å². The number of nitrogens with zero attached hydrogens (tertiary/aromatic N) is 3. The molecule has 202 valence electrons. The van der Waals surface area contributed by atoms with Gasteiger partial charge in [0.05, 0.1) is 11.1 Å². The molecule has 0 spiro atoms. The van der Waals surface area contributed by atoms with Crippen LogP contribution in [0.4, 0.5) is 28.9 Å². The Bertz CT molecular complexity index is 1450. The fourth-order valence-corrected chi connectivity index (χ4v) is 4.10. The van der Waals surface area contributed by atoms with Gasteiger partial charge in [0, 0.05) is 67.6 Å². The fourth-order valence-electron chi connectivity index (χ4n) is 4.10. The van der Waals surface area contributed by atoms with Gasteiger partial charge in [-0.3, -0.25) is 20.1 Å². The molecule has 1 aromatic heterocycles. The number of halogens is 4. The number of benzene rings is 2. The average molecular weight is 539 g/mol. The summed E-state index contributed by atoms with van der Waals surface area (Å²) >= 11 is 0. The highest BCUT2D eigenvalue weighted by Gasteiger charge is 2.34. The number of hydrogen-bond acceptors (Lipinski definition) is 6. The number of nitrogens with one attached hydrogen (secondary N) is 2. The Hall–Kier alpha value is -4.27. The number of nitrogen functional groups attached to an aromatic ring is 1. The molecule has 0 atom stereocenters. The lowest BCUT2D eigenvalue weighted by Gasteiger charge is -2.33. The maximum atomic E-state index is 13.9. The number of hydrogen-bond donors (Lipinski definition) is 3. The molecule has 0 aliphatic carbocycles. The Kier molecular flexibility index (Phi) is 8.28. The number of anilines is 2. The smallest absolute Gasteiger partial charge is 0.398 e. The first-order chi connectivity index (χ1) is 18.5. The third-order valence-electron chi connectivity index (χ3n) is 6.28. The molecule has 11 heteroatoms. The summed E-state index contributed by atoms with van der Waals surface area (Å²) in [5.41, 5.74) is 5.62. The van der Waals surface area contributed by atoms with E-state index in [2.05, 4.69) is 27.0 Å². The van der Waals surface area contributed by atoms with Gasteiger partial charge in [-0.1, -0.05) is 12.0 Å². The van der Waals surface area contributed by atoms with Gasteiger partial charge in [0.1, 0.15) is 11.5 Å². The number of carbonyl (C=O) groups excluding carboxylic acids is 1. The number of carbonyl (C=O) groups is 1. The summed E-state index contributed by atoms with van der Waals surface area (Å²) in [6.07, 6.45) is -1.95. The van der Waals surface area contributed by atoms with Crippen LogP contribution in [-0.2, 0) is 12.7 Å². The van der Waals surface area contributed by atoms with Crippen LogP contribution in [-0.4, -0.2) is 59.6 Å². The molecule has 4 rings (SSSR count). The van der Waals surface area contributed by atoms with Crippen molar-refractivity contribution in [1.29, 1.82) is 5.41 Å². The van der Waals surface area contributed by atoms with E-state index in [4.69, 9.17) is 11.1 Å². The summed E-state index contributed by atoms with van der Waals surface area (Å²) < 4.78 is 54.9. The van der Waals surface area contributed by atoms with Gasteiger partial charge < -0.3 is 16.0 Å². The molecule has 1 aliphatic heterocycles. The minimum Gasteiger partial charge on any atom is -0.398 e. The zero-order valence-electron chi connectivity index (χ0n) is 21.1. The van der Waals surface area contributed by atoms with Crippen LogP contribution in [0.25, 0.3) is 0 Å². The molecule has 2 aromatic carbocycles. The van der Waals surface area contributed by atoms with E-state index in [-0.39, 0.29) is 40.3 Å². The van der Waals surface area contributed by atoms with Crippen molar-refractivity contribution in [2.45, 2.75) is 12.7 Å². The van der Waals surface area contributed by atoms with Crippen LogP contribution in [0.3, 0.4) is 0 Å². The van der Waals surface area contributed by atoms with Gasteiger partial charge in [-0.05, 0) is 54.9 Å². The van der Waals surface area contributed by atoms with Crippen molar-refractivity contribution < 1.29 is 22.4 Å². The van der Waals surface area contributed by atoms with Crippen LogP contribution in [0.1, 0.15) is 32.6 Å². The summed E-state index contributed by atoms with van der Waals surface area (Å²) in [6.45, 7) is 3.09. The molecular weight excluding hydrogens is 512 g/mol. The minimum absolute atomic E-state index is 0.000461. The Morgan fingerprint density at radius 1 is 1.10 bits per heavy atom. The number of alkyl halides is 3. The van der Waals surface area contributed by atoms with Crippen LogP contribution < -0.4 is 11.1 Å². The van der Waals surface area contributed by atoms with E-state index in [1.807, 2.05) is 11.9 Å². The maximum Gasteiger partial charge on any atom is 0.416 e. The van der Waals surface area contributed by atoms with Gasteiger partial charge in [0.2, 0.25) is 0 Å². The Labute approximate surface area is 223 Å². The van der Waals surface area contributed by atoms with Gasteiger partial charge in [-0.2, -0.15) is 13.2 Å². The topological polar surface area (TPSA) is 98.3 Å². The fraction of sp³-hybridized carbons (Fsp3) is 0.250. The van der Waals surface area contributed by atoms with E-state index in [0.29, 0.717) is 18.7 Å². The first kappa shape index (κ1) is 27.8. The zero-order chi connectivity index (χ0) is 28.2. The van der Waals surface area contributed by atoms with Gasteiger partial charge in [-0.15, -0.1) is 0 Å². The highest BCUT2D eigenvalue weighted by atomic mass is 19.4. The highest BCUT2D eigenvalue weighted by Crippen LogP contribution is 2.34. The Morgan fingerprint density at radius 2 is 1.85 bits per heavy atom. The van der Waals surface area contributed by atoms with Crippen molar-refractivity contribution in [2.24, 2.45) is 0 Å². The molecule has 1 fully saturated rings. The predicted molar refractivity (Wildman–Crippen MR) is 141 cm³/mol. The lowest BCUT2D eigenvalue weighted by Crippen LogP contribution is -2.44. The minimum atomic E-state index is -4.59. The second-order valence-electron chi connectivity index (χ2n) is 9.22. The highest BCUT2D eigenvalue weighted by molar-refractivity contribution is 6.14. The molecule has 1 aliphatic rings. The molecule has 0 radical (unpaired) electrons. The number of nitrogens with two attached hydrogens (primary N) is 1. The van der Waals surface area contributed by atoms with Crippen molar-refractivity contribution >= 4 is 23.0 Å². The standard InChI is InChI=1S/C28H26F4N6O/c1-37-8-10-38(11-9-37)17-19-3-5-22(14-24(19)28(30,31)32)36-27(39)20-12-18(15-35-16-20)2-7-25(33)23-6-4-21(29)13-26(23)34/h3-6,12-16,33H,8-11,17,34H2,1H3,(H,36,39). The van der Waals surface area contributed by atoms with E-state index in [0.717, 1.165) is 31.3 Å². The molecule has 0 bridgehead atoms. The SMILES string of the molecule is CN1CCN(Cc2ccc(NC(=O)c3cncc(C#CC(=N)c4ccc(F)cc4N)c3)cc2C(F)(F)F)CC1. The van der Waals surface area contributed by atoms with E-state index >= 15 is 0 Å². The van der Waals surface area contributed by atoms with Crippen molar-refractivity contribution in [1.82, 2.24) is 14.8 Å². The summed E-state index contributed by atoms with van der Waals surface area (Å²) in [4.78, 5) is 20.9. The molecule has 0 saturated carbocycles. The van der Waals surface area contributed by atoms with Gasteiger partial charge in [0.25, 0.3) is 5.91 Å². The Balaban J connectivity index is 1.49. The van der Waals surface area contributed by atoms with E-state index in [1.54, 1.807) is 0 Å². The summed E-state index contributed by atoms with van der Waals surface area (Å²) in [7, 11) is 1.98. The lowest BCUT2D eigenvalue weighted by atomic mass is 10.0. The van der Waals surface area contributed by atoms with Crippen LogP contribution in [0.15, 0.2) is 54.9 Å². The lowest BCUT2D eigenvalue weighted by molar-refractivity contribution is -0.138. The van der Waals surface area contributed by atoms with Crippen molar-refractivity contribution in [2.75, 3.05) is 44.3 Å². The number of amides is 1. The third kappa shape index (κ3) is 7.19. The first-order valence-electron chi connectivity index (χ1n) is 12.0. The molecule has 0 unspecified atom stereocenters. The summed E-state index contributed by atoms with van der Waals surface area (Å²) in [6, 6.07) is 8.78. The maximum absolute atomic E-state index is 13.9. The molecule has 3 aromatic rings.